The number of nitrogens with zero attached hydrogens (tertiary/aromatic N) is 2. The molecule has 0 radical (unpaired) electrons. The van der Waals surface area contributed by atoms with E-state index < -0.39 is 0 Å². The second-order valence-electron chi connectivity index (χ2n) is 5.16. The van der Waals surface area contributed by atoms with Crippen molar-refractivity contribution < 1.29 is 14.3 Å². The summed E-state index contributed by atoms with van der Waals surface area (Å²) in [7, 11) is 1.50. The third kappa shape index (κ3) is 3.51. The van der Waals surface area contributed by atoms with Gasteiger partial charge in [-0.2, -0.15) is 0 Å². The van der Waals surface area contributed by atoms with Gasteiger partial charge < -0.3 is 15.0 Å². The van der Waals surface area contributed by atoms with E-state index in [2.05, 4.69) is 10.3 Å². The van der Waals surface area contributed by atoms with Crippen LogP contribution < -0.4 is 15.0 Å². The van der Waals surface area contributed by atoms with Crippen molar-refractivity contribution in [3.8, 4) is 5.88 Å². The fourth-order valence-corrected chi connectivity index (χ4v) is 3.41. The summed E-state index contributed by atoms with van der Waals surface area (Å²) in [5, 5.41) is 2.77. The minimum atomic E-state index is -0.190. The van der Waals surface area contributed by atoms with E-state index in [4.69, 9.17) is 4.74 Å². The van der Waals surface area contributed by atoms with Gasteiger partial charge in [0.2, 0.25) is 17.7 Å². The lowest BCUT2D eigenvalue weighted by molar-refractivity contribution is -0.117. The Morgan fingerprint density at radius 3 is 3.00 bits per heavy atom. The SMILES string of the molecule is COc1ncccc1NC(=O)CCN1C(=O)CSc2ccccc21. The molecule has 0 atom stereocenters. The highest BCUT2D eigenvalue weighted by Crippen LogP contribution is 2.34. The van der Waals surface area contributed by atoms with Gasteiger partial charge in [0.1, 0.15) is 5.69 Å². The van der Waals surface area contributed by atoms with Crippen LogP contribution in [0.25, 0.3) is 0 Å². The first kappa shape index (κ1) is 16.3. The zero-order chi connectivity index (χ0) is 16.9. The van der Waals surface area contributed by atoms with Crippen molar-refractivity contribution in [1.82, 2.24) is 4.98 Å². The van der Waals surface area contributed by atoms with E-state index in [0.717, 1.165) is 10.6 Å². The molecule has 0 saturated carbocycles. The topological polar surface area (TPSA) is 71.5 Å². The Bertz CT molecular complexity index is 766. The number of carbonyl (C=O) groups is 2. The maximum absolute atomic E-state index is 12.2. The molecule has 7 heteroatoms. The molecule has 2 aromatic rings. The number of benzene rings is 1. The summed E-state index contributed by atoms with van der Waals surface area (Å²) in [6.45, 7) is 0.338. The maximum Gasteiger partial charge on any atom is 0.237 e. The normalized spacial score (nSPS) is 13.4. The first-order valence-corrected chi connectivity index (χ1v) is 8.48. The number of ether oxygens (including phenoxy) is 1. The number of nitrogens with one attached hydrogen (secondary N) is 1. The third-order valence-electron chi connectivity index (χ3n) is 3.61. The first-order valence-electron chi connectivity index (χ1n) is 7.50. The highest BCUT2D eigenvalue weighted by atomic mass is 32.2. The highest BCUT2D eigenvalue weighted by molar-refractivity contribution is 8.00. The summed E-state index contributed by atoms with van der Waals surface area (Å²) in [6.07, 6.45) is 1.79. The van der Waals surface area contributed by atoms with Crippen molar-refractivity contribution in [3.05, 3.63) is 42.6 Å². The average Bonchev–Trinajstić information content (AvgIpc) is 2.61. The van der Waals surface area contributed by atoms with Crippen molar-refractivity contribution in [2.45, 2.75) is 11.3 Å². The van der Waals surface area contributed by atoms with E-state index in [-0.39, 0.29) is 18.2 Å². The van der Waals surface area contributed by atoms with E-state index in [0.29, 0.717) is 23.9 Å². The van der Waals surface area contributed by atoms with Crippen LogP contribution in [0.2, 0.25) is 0 Å². The number of amides is 2. The Labute approximate surface area is 144 Å². The molecule has 1 aromatic heterocycles. The smallest absolute Gasteiger partial charge is 0.237 e. The second kappa shape index (κ2) is 7.35. The number of fused-ring (bicyclic) bond motifs is 1. The number of anilines is 2. The van der Waals surface area contributed by atoms with Crippen LogP contribution in [0.3, 0.4) is 0 Å². The molecule has 0 aliphatic carbocycles. The number of carbonyl (C=O) groups excluding carboxylic acids is 2. The number of thioether (sulfide) groups is 1. The van der Waals surface area contributed by atoms with E-state index in [1.807, 2.05) is 24.3 Å². The Balaban J connectivity index is 1.65. The van der Waals surface area contributed by atoms with E-state index in [1.54, 1.807) is 23.2 Å². The van der Waals surface area contributed by atoms with Crippen LogP contribution in [0.15, 0.2) is 47.5 Å². The summed E-state index contributed by atoms with van der Waals surface area (Å²) in [5.74, 6) is 0.589. The lowest BCUT2D eigenvalue weighted by Crippen LogP contribution is -2.37. The third-order valence-corrected chi connectivity index (χ3v) is 4.66. The van der Waals surface area contributed by atoms with Gasteiger partial charge in [-0.25, -0.2) is 4.98 Å². The number of pyridine rings is 1. The maximum atomic E-state index is 12.2. The van der Waals surface area contributed by atoms with Crippen LogP contribution >= 0.6 is 11.8 Å². The van der Waals surface area contributed by atoms with Crippen LogP contribution in [0, 0.1) is 0 Å². The van der Waals surface area contributed by atoms with Crippen LogP contribution in [0.1, 0.15) is 6.42 Å². The minimum Gasteiger partial charge on any atom is -0.480 e. The summed E-state index contributed by atoms with van der Waals surface area (Å²) in [4.78, 5) is 31.1. The fourth-order valence-electron chi connectivity index (χ4n) is 2.47. The van der Waals surface area contributed by atoms with Crippen LogP contribution in [-0.4, -0.2) is 36.2 Å². The molecule has 2 amide bonds. The van der Waals surface area contributed by atoms with Crippen LogP contribution in [0.4, 0.5) is 11.4 Å². The zero-order valence-corrected chi connectivity index (χ0v) is 14.0. The number of methoxy groups -OCH3 is 1. The molecule has 1 aliphatic heterocycles. The lowest BCUT2D eigenvalue weighted by atomic mass is 10.2. The molecule has 3 rings (SSSR count). The van der Waals surface area contributed by atoms with E-state index in [9.17, 15) is 9.59 Å². The van der Waals surface area contributed by atoms with Crippen molar-refractivity contribution in [3.63, 3.8) is 0 Å². The number of aromatic nitrogens is 1. The molecule has 6 nitrogen and oxygen atoms in total. The van der Waals surface area contributed by atoms with Gasteiger partial charge in [0.15, 0.2) is 0 Å². The molecule has 0 unspecified atom stereocenters. The molecule has 0 fully saturated rings. The van der Waals surface area contributed by atoms with Crippen molar-refractivity contribution >= 4 is 35.0 Å². The first-order chi connectivity index (χ1) is 11.7. The molecule has 0 bridgehead atoms. The fraction of sp³-hybridized carbons (Fsp3) is 0.235. The van der Waals surface area contributed by atoms with Gasteiger partial charge in [0.25, 0.3) is 0 Å². The standard InChI is InChI=1S/C17H17N3O3S/c1-23-17-12(5-4-9-18-17)19-15(21)8-10-20-13-6-2-3-7-14(13)24-11-16(20)22/h2-7,9H,8,10-11H2,1H3,(H,19,21). The molecule has 24 heavy (non-hydrogen) atoms. The molecule has 1 aromatic carbocycles. The number of rotatable bonds is 5. The van der Waals surface area contributed by atoms with Gasteiger partial charge in [-0.3, -0.25) is 9.59 Å². The minimum absolute atomic E-state index is 0.0189. The Kier molecular flexibility index (Phi) is 5.00. The molecule has 124 valence electrons. The van der Waals surface area contributed by atoms with Crippen LogP contribution in [-0.2, 0) is 9.59 Å². The van der Waals surface area contributed by atoms with Gasteiger partial charge in [0, 0.05) is 24.1 Å². The number of para-hydroxylation sites is 1. The van der Waals surface area contributed by atoms with E-state index >= 15 is 0 Å². The molecule has 1 N–H and O–H groups in total. The summed E-state index contributed by atoms with van der Waals surface area (Å²) < 4.78 is 5.11. The Morgan fingerprint density at radius 2 is 2.17 bits per heavy atom. The monoisotopic (exact) mass is 343 g/mol. The Morgan fingerprint density at radius 1 is 1.33 bits per heavy atom. The number of hydrogen-bond donors (Lipinski definition) is 1. The quantitative estimate of drug-likeness (QED) is 0.903. The van der Waals surface area contributed by atoms with Crippen molar-refractivity contribution in [2.24, 2.45) is 0 Å². The van der Waals surface area contributed by atoms with Gasteiger partial charge in [-0.05, 0) is 24.3 Å². The molecule has 1 aliphatic rings. The van der Waals surface area contributed by atoms with E-state index in [1.165, 1.54) is 18.9 Å². The number of hydrogen-bond acceptors (Lipinski definition) is 5. The lowest BCUT2D eigenvalue weighted by Gasteiger charge is -2.28. The molecular weight excluding hydrogens is 326 g/mol. The predicted octanol–water partition coefficient (Wildman–Crippen LogP) is 2.56. The summed E-state index contributed by atoms with van der Waals surface area (Å²) in [6, 6.07) is 11.2. The van der Waals surface area contributed by atoms with Crippen molar-refractivity contribution in [2.75, 3.05) is 29.6 Å². The van der Waals surface area contributed by atoms with Crippen molar-refractivity contribution in [1.29, 1.82) is 0 Å². The highest BCUT2D eigenvalue weighted by Gasteiger charge is 2.24. The van der Waals surface area contributed by atoms with Crippen LogP contribution in [0.5, 0.6) is 5.88 Å². The summed E-state index contributed by atoms with van der Waals surface area (Å²) in [5.41, 5.74) is 1.39. The molecule has 2 heterocycles. The van der Waals surface area contributed by atoms with Gasteiger partial charge >= 0.3 is 0 Å². The summed E-state index contributed by atoms with van der Waals surface area (Å²) >= 11 is 1.53. The second-order valence-corrected chi connectivity index (χ2v) is 6.18. The zero-order valence-electron chi connectivity index (χ0n) is 13.2. The average molecular weight is 343 g/mol. The van der Waals surface area contributed by atoms with Gasteiger partial charge in [-0.1, -0.05) is 12.1 Å². The molecule has 0 saturated heterocycles. The molecular formula is C17H17N3O3S. The molecule has 0 spiro atoms. The van der Waals surface area contributed by atoms with Gasteiger partial charge in [0.05, 0.1) is 18.6 Å². The largest absolute Gasteiger partial charge is 0.480 e. The Hall–Kier alpha value is -2.54. The van der Waals surface area contributed by atoms with Gasteiger partial charge in [-0.15, -0.1) is 11.8 Å². The predicted molar refractivity (Wildman–Crippen MR) is 93.6 cm³/mol.